The molecule has 6 nitrogen and oxygen atoms in total. The zero-order valence-corrected chi connectivity index (χ0v) is 15.7. The molecule has 2 atom stereocenters. The molecule has 1 aliphatic heterocycles. The Balaban J connectivity index is 1.47. The van der Waals surface area contributed by atoms with Crippen LogP contribution in [0.25, 0.3) is 11.1 Å². The summed E-state index contributed by atoms with van der Waals surface area (Å²) in [6, 6.07) is 16.3. The van der Waals surface area contributed by atoms with Crippen molar-refractivity contribution in [1.82, 2.24) is 4.90 Å². The van der Waals surface area contributed by atoms with Crippen LogP contribution in [0.3, 0.4) is 0 Å². The molecular weight excluding hydrogens is 358 g/mol. The Hall–Kier alpha value is -2.86. The van der Waals surface area contributed by atoms with Gasteiger partial charge in [-0.3, -0.25) is 4.79 Å². The third-order valence-electron chi connectivity index (χ3n) is 5.56. The van der Waals surface area contributed by atoms with Crippen LogP contribution in [-0.2, 0) is 14.3 Å². The number of carbonyl (C=O) groups is 2. The van der Waals surface area contributed by atoms with E-state index in [1.54, 1.807) is 0 Å². The first kappa shape index (κ1) is 18.5. The Kier molecular flexibility index (Phi) is 5.05. The molecule has 1 aliphatic carbocycles. The summed E-state index contributed by atoms with van der Waals surface area (Å²) >= 11 is 0. The highest BCUT2D eigenvalue weighted by molar-refractivity contribution is 5.79. The van der Waals surface area contributed by atoms with Crippen LogP contribution >= 0.6 is 0 Å². The molecule has 1 amide bonds. The first-order chi connectivity index (χ1) is 13.6. The van der Waals surface area contributed by atoms with Crippen molar-refractivity contribution >= 4 is 12.1 Å². The smallest absolute Gasteiger partial charge is 0.409 e. The number of aliphatic hydroxyl groups is 1. The van der Waals surface area contributed by atoms with Gasteiger partial charge in [-0.25, -0.2) is 4.79 Å². The minimum absolute atomic E-state index is 0.0255. The van der Waals surface area contributed by atoms with Crippen LogP contribution < -0.4 is 0 Å². The largest absolute Gasteiger partial charge is 0.469 e. The lowest BCUT2D eigenvalue weighted by molar-refractivity contribution is -0.148. The van der Waals surface area contributed by atoms with Crippen molar-refractivity contribution in [3.05, 3.63) is 59.7 Å². The number of esters is 1. The molecule has 6 heteroatoms. The number of ether oxygens (including phenoxy) is 2. The van der Waals surface area contributed by atoms with Crippen LogP contribution in [0.5, 0.6) is 0 Å². The van der Waals surface area contributed by atoms with Crippen LogP contribution in [0, 0.1) is 5.92 Å². The van der Waals surface area contributed by atoms with Crippen molar-refractivity contribution in [2.24, 2.45) is 5.92 Å². The fourth-order valence-corrected chi connectivity index (χ4v) is 4.24. The predicted molar refractivity (Wildman–Crippen MR) is 103 cm³/mol. The number of carbonyl (C=O) groups excluding carboxylic acids is 2. The van der Waals surface area contributed by atoms with Gasteiger partial charge in [0.05, 0.1) is 19.1 Å². The summed E-state index contributed by atoms with van der Waals surface area (Å²) in [6.45, 7) is 0.562. The van der Waals surface area contributed by atoms with Crippen molar-refractivity contribution in [3.8, 4) is 11.1 Å². The lowest BCUT2D eigenvalue weighted by atomic mass is 9.96. The summed E-state index contributed by atoms with van der Waals surface area (Å²) in [6.07, 6.45) is -0.993. The minimum atomic E-state index is -0.765. The zero-order chi connectivity index (χ0) is 19.7. The summed E-state index contributed by atoms with van der Waals surface area (Å²) in [5.74, 6) is -0.980. The lowest BCUT2D eigenvalue weighted by Crippen LogP contribution is -2.48. The number of nitrogens with zero attached hydrogens (tertiary/aromatic N) is 1. The topological polar surface area (TPSA) is 76.1 Å². The number of hydrogen-bond acceptors (Lipinski definition) is 5. The summed E-state index contributed by atoms with van der Waals surface area (Å²) in [4.78, 5) is 25.8. The number of β-amino-alcohol motifs (C(OH)–C–C–N with tert-alkyl or cyclic N) is 1. The number of piperidine rings is 1. The van der Waals surface area contributed by atoms with Gasteiger partial charge >= 0.3 is 12.1 Å². The molecule has 1 saturated heterocycles. The van der Waals surface area contributed by atoms with E-state index in [9.17, 15) is 14.7 Å². The number of methoxy groups -OCH3 is 1. The lowest BCUT2D eigenvalue weighted by Gasteiger charge is -2.33. The third-order valence-corrected chi connectivity index (χ3v) is 5.56. The first-order valence-corrected chi connectivity index (χ1v) is 9.44. The van der Waals surface area contributed by atoms with E-state index in [-0.39, 0.29) is 25.6 Å². The SMILES string of the molecule is COC(=O)[C@@H]1C[C@@H](O)CN(C(=O)OCC2c3ccccc3-c3ccccc32)C1. The molecule has 1 N–H and O–H groups in total. The van der Waals surface area contributed by atoms with E-state index in [4.69, 9.17) is 9.47 Å². The third kappa shape index (κ3) is 3.36. The predicted octanol–water partition coefficient (Wildman–Crippen LogP) is 2.79. The maximum absolute atomic E-state index is 12.6. The minimum Gasteiger partial charge on any atom is -0.469 e. The second-order valence-corrected chi connectivity index (χ2v) is 7.32. The van der Waals surface area contributed by atoms with Crippen molar-refractivity contribution in [2.45, 2.75) is 18.4 Å². The van der Waals surface area contributed by atoms with Crippen molar-refractivity contribution in [2.75, 3.05) is 26.8 Å². The summed E-state index contributed by atoms with van der Waals surface area (Å²) < 4.78 is 10.4. The Labute approximate surface area is 163 Å². The van der Waals surface area contributed by atoms with E-state index < -0.39 is 24.1 Å². The number of hydrogen-bond donors (Lipinski definition) is 1. The zero-order valence-electron chi connectivity index (χ0n) is 15.7. The van der Waals surface area contributed by atoms with Gasteiger partial charge in [-0.1, -0.05) is 48.5 Å². The van der Waals surface area contributed by atoms with E-state index in [0.29, 0.717) is 6.42 Å². The molecule has 0 saturated carbocycles. The van der Waals surface area contributed by atoms with E-state index in [0.717, 1.165) is 11.1 Å². The fraction of sp³-hybridized carbons (Fsp3) is 0.364. The molecule has 0 spiro atoms. The highest BCUT2D eigenvalue weighted by Crippen LogP contribution is 2.44. The molecule has 0 radical (unpaired) electrons. The average molecular weight is 381 g/mol. The van der Waals surface area contributed by atoms with Gasteiger partial charge < -0.3 is 19.5 Å². The van der Waals surface area contributed by atoms with Crippen LogP contribution in [0.2, 0.25) is 0 Å². The van der Waals surface area contributed by atoms with E-state index in [1.165, 1.54) is 23.1 Å². The highest BCUT2D eigenvalue weighted by atomic mass is 16.6. The summed E-state index contributed by atoms with van der Waals surface area (Å²) in [5, 5.41) is 10.0. The molecule has 1 heterocycles. The maximum atomic E-state index is 12.6. The van der Waals surface area contributed by atoms with Gasteiger partial charge in [-0.05, 0) is 28.7 Å². The van der Waals surface area contributed by atoms with Gasteiger partial charge in [0, 0.05) is 19.0 Å². The van der Waals surface area contributed by atoms with Gasteiger partial charge in [0.25, 0.3) is 0 Å². The summed E-state index contributed by atoms with van der Waals surface area (Å²) in [7, 11) is 1.31. The molecule has 4 rings (SSSR count). The standard InChI is InChI=1S/C22H23NO5/c1-27-21(25)14-10-15(24)12-23(11-14)22(26)28-13-20-18-8-4-2-6-16(18)17-7-3-5-9-19(17)20/h2-9,14-15,20,24H,10-13H2,1H3/t14-,15-/m1/s1. The van der Waals surface area contributed by atoms with E-state index in [1.807, 2.05) is 24.3 Å². The second-order valence-electron chi connectivity index (χ2n) is 7.32. The normalized spacial score (nSPS) is 21.0. The number of fused-ring (bicyclic) bond motifs is 3. The van der Waals surface area contributed by atoms with E-state index >= 15 is 0 Å². The van der Waals surface area contributed by atoms with Crippen LogP contribution in [0.15, 0.2) is 48.5 Å². The monoisotopic (exact) mass is 381 g/mol. The molecule has 28 heavy (non-hydrogen) atoms. The Bertz CT molecular complexity index is 851. The Morgan fingerprint density at radius 3 is 2.25 bits per heavy atom. The molecule has 0 bridgehead atoms. The van der Waals surface area contributed by atoms with Gasteiger partial charge in [-0.2, -0.15) is 0 Å². The number of aliphatic hydroxyl groups excluding tert-OH is 1. The van der Waals surface area contributed by atoms with Gasteiger partial charge in [0.1, 0.15) is 6.61 Å². The van der Waals surface area contributed by atoms with Gasteiger partial charge in [-0.15, -0.1) is 0 Å². The van der Waals surface area contributed by atoms with Gasteiger partial charge in [0.2, 0.25) is 0 Å². The van der Waals surface area contributed by atoms with Crippen LogP contribution in [0.1, 0.15) is 23.5 Å². The van der Waals surface area contributed by atoms with Crippen molar-refractivity contribution in [1.29, 1.82) is 0 Å². The molecule has 0 unspecified atom stereocenters. The van der Waals surface area contributed by atoms with Crippen molar-refractivity contribution in [3.63, 3.8) is 0 Å². The number of benzene rings is 2. The number of likely N-dealkylation sites (tertiary alicyclic amines) is 1. The van der Waals surface area contributed by atoms with Crippen LogP contribution in [-0.4, -0.2) is 55.0 Å². The highest BCUT2D eigenvalue weighted by Gasteiger charge is 2.35. The Morgan fingerprint density at radius 1 is 1.04 bits per heavy atom. The number of amides is 1. The molecular formula is C22H23NO5. The quantitative estimate of drug-likeness (QED) is 0.828. The van der Waals surface area contributed by atoms with Gasteiger partial charge in [0.15, 0.2) is 0 Å². The molecule has 2 aliphatic rings. The molecule has 146 valence electrons. The summed E-state index contributed by atoms with van der Waals surface area (Å²) in [5.41, 5.74) is 4.61. The maximum Gasteiger partial charge on any atom is 0.409 e. The van der Waals surface area contributed by atoms with Crippen LogP contribution in [0.4, 0.5) is 4.79 Å². The molecule has 2 aromatic rings. The van der Waals surface area contributed by atoms with E-state index in [2.05, 4.69) is 24.3 Å². The second kappa shape index (κ2) is 7.64. The molecule has 1 fully saturated rings. The molecule has 2 aromatic carbocycles. The fourth-order valence-electron chi connectivity index (χ4n) is 4.24. The van der Waals surface area contributed by atoms with Crippen molar-refractivity contribution < 1.29 is 24.2 Å². The first-order valence-electron chi connectivity index (χ1n) is 9.44. The number of rotatable bonds is 3. The Morgan fingerprint density at radius 2 is 1.64 bits per heavy atom. The molecule has 0 aromatic heterocycles. The average Bonchev–Trinajstić information content (AvgIpc) is 3.05.